The van der Waals surface area contributed by atoms with Gasteiger partial charge in [-0.15, -0.1) is 0 Å². The van der Waals surface area contributed by atoms with Crippen molar-refractivity contribution in [2.24, 2.45) is 0 Å². The van der Waals surface area contributed by atoms with E-state index in [4.69, 9.17) is 17.0 Å². The summed E-state index contributed by atoms with van der Waals surface area (Å²) in [7, 11) is 0. The highest BCUT2D eigenvalue weighted by molar-refractivity contribution is 9.10. The smallest absolute Gasteiger partial charge is 0.262 e. The molecule has 0 aliphatic carbocycles. The number of nitrogens with one attached hydrogen (secondary N) is 1. The molecule has 0 unspecified atom stereocenters. The highest BCUT2D eigenvalue weighted by Crippen LogP contribution is 2.38. The topological polar surface area (TPSA) is 21.3 Å². The molecule has 0 amide bonds. The van der Waals surface area contributed by atoms with Crippen molar-refractivity contribution in [2.45, 2.75) is 26.4 Å². The molecule has 1 N–H and O–H groups in total. The van der Waals surface area contributed by atoms with Crippen LogP contribution in [0.1, 0.15) is 25.0 Å². The van der Waals surface area contributed by atoms with Gasteiger partial charge >= 0.3 is 0 Å². The predicted molar refractivity (Wildman–Crippen MR) is 94.6 cm³/mol. The first kappa shape index (κ1) is 14.5. The minimum absolute atomic E-state index is 0.422. The summed E-state index contributed by atoms with van der Waals surface area (Å²) in [6.45, 7) is 6.17. The quantitative estimate of drug-likeness (QED) is 0.688. The number of fused-ring (bicyclic) bond motifs is 1. The number of rotatable bonds is 1. The molecule has 0 spiro atoms. The number of ether oxygens (including phenoxy) is 1. The van der Waals surface area contributed by atoms with Gasteiger partial charge in [0.1, 0.15) is 5.60 Å². The van der Waals surface area contributed by atoms with Crippen molar-refractivity contribution in [1.82, 2.24) is 0 Å². The van der Waals surface area contributed by atoms with E-state index in [0.717, 1.165) is 15.7 Å². The van der Waals surface area contributed by atoms with Crippen LogP contribution in [0.5, 0.6) is 0 Å². The number of halogens is 1. The van der Waals surface area contributed by atoms with Gasteiger partial charge in [0.25, 0.3) is 5.17 Å². The maximum Gasteiger partial charge on any atom is 0.262 e. The van der Waals surface area contributed by atoms with E-state index in [1.807, 2.05) is 13.8 Å². The average molecular weight is 362 g/mol. The Hall–Kier alpha value is -1.39. The second-order valence-electron chi connectivity index (χ2n) is 5.80. The summed E-state index contributed by atoms with van der Waals surface area (Å²) < 4.78 is 6.84. The van der Waals surface area contributed by atoms with Crippen LogP contribution in [0.3, 0.4) is 0 Å². The third-order valence-electron chi connectivity index (χ3n) is 3.63. The van der Waals surface area contributed by atoms with Gasteiger partial charge < -0.3 is 10.1 Å². The molecular weight excluding hydrogens is 346 g/mol. The molecule has 0 bridgehead atoms. The van der Waals surface area contributed by atoms with E-state index in [0.29, 0.717) is 5.17 Å². The minimum atomic E-state index is -0.422. The van der Waals surface area contributed by atoms with Crippen LogP contribution in [-0.2, 0) is 10.3 Å². The Morgan fingerprint density at radius 2 is 1.86 bits per heavy atom. The molecule has 2 aromatic rings. The highest BCUT2D eigenvalue weighted by Gasteiger charge is 2.31. The van der Waals surface area contributed by atoms with E-state index in [2.05, 4.69) is 64.6 Å². The third kappa shape index (κ3) is 2.83. The van der Waals surface area contributed by atoms with Crippen molar-refractivity contribution < 1.29 is 4.74 Å². The SMILES string of the molecule is Cc1cc(Br)cc(-c2ccc3c(c2)C(C)(C)OC(=S)N3)c1. The molecule has 1 aliphatic rings. The monoisotopic (exact) mass is 361 g/mol. The summed E-state index contributed by atoms with van der Waals surface area (Å²) in [6, 6.07) is 12.8. The van der Waals surface area contributed by atoms with Gasteiger partial charge in [-0.25, -0.2) is 0 Å². The molecule has 1 heterocycles. The van der Waals surface area contributed by atoms with E-state index in [1.165, 1.54) is 16.7 Å². The summed E-state index contributed by atoms with van der Waals surface area (Å²) in [4.78, 5) is 0. The fourth-order valence-electron chi connectivity index (χ4n) is 2.66. The van der Waals surface area contributed by atoms with Crippen molar-refractivity contribution in [3.8, 4) is 11.1 Å². The maximum atomic E-state index is 5.75. The lowest BCUT2D eigenvalue weighted by Gasteiger charge is -2.34. The molecule has 21 heavy (non-hydrogen) atoms. The van der Waals surface area contributed by atoms with Crippen molar-refractivity contribution in [2.75, 3.05) is 5.32 Å². The first-order chi connectivity index (χ1) is 9.85. The highest BCUT2D eigenvalue weighted by atomic mass is 79.9. The van der Waals surface area contributed by atoms with Gasteiger partial charge in [-0.05, 0) is 73.9 Å². The predicted octanol–water partition coefficient (Wildman–Crippen LogP) is 5.39. The largest absolute Gasteiger partial charge is 0.460 e. The van der Waals surface area contributed by atoms with Crippen molar-refractivity contribution in [1.29, 1.82) is 0 Å². The van der Waals surface area contributed by atoms with E-state index in [-0.39, 0.29) is 0 Å². The zero-order valence-corrected chi connectivity index (χ0v) is 14.6. The van der Waals surface area contributed by atoms with Gasteiger partial charge in [0.15, 0.2) is 0 Å². The minimum Gasteiger partial charge on any atom is -0.460 e. The van der Waals surface area contributed by atoms with Crippen molar-refractivity contribution in [3.05, 3.63) is 52.0 Å². The number of aryl methyl sites for hydroxylation is 1. The summed E-state index contributed by atoms with van der Waals surface area (Å²) in [5, 5.41) is 3.55. The van der Waals surface area contributed by atoms with E-state index >= 15 is 0 Å². The van der Waals surface area contributed by atoms with Gasteiger partial charge in [-0.1, -0.05) is 28.1 Å². The molecule has 0 radical (unpaired) electrons. The number of thiocarbonyl (C=S) groups is 1. The van der Waals surface area contributed by atoms with E-state index < -0.39 is 5.60 Å². The average Bonchev–Trinajstić information content (AvgIpc) is 2.36. The Labute approximate surface area is 138 Å². The van der Waals surface area contributed by atoms with Gasteiger partial charge in [0.2, 0.25) is 0 Å². The summed E-state index contributed by atoms with van der Waals surface area (Å²) in [5.74, 6) is 0. The van der Waals surface area contributed by atoms with Crippen LogP contribution in [-0.4, -0.2) is 5.17 Å². The Balaban J connectivity index is 2.13. The van der Waals surface area contributed by atoms with Gasteiger partial charge in [0.05, 0.1) is 0 Å². The maximum absolute atomic E-state index is 5.75. The first-order valence-corrected chi connectivity index (χ1v) is 7.97. The van der Waals surface area contributed by atoms with Crippen LogP contribution in [0.15, 0.2) is 40.9 Å². The summed E-state index contributed by atoms with van der Waals surface area (Å²) in [5.41, 5.74) is 5.30. The zero-order valence-electron chi connectivity index (χ0n) is 12.2. The van der Waals surface area contributed by atoms with Crippen molar-refractivity contribution in [3.63, 3.8) is 0 Å². The second-order valence-corrected chi connectivity index (χ2v) is 7.09. The van der Waals surface area contributed by atoms with Gasteiger partial charge in [0, 0.05) is 15.7 Å². The first-order valence-electron chi connectivity index (χ1n) is 6.77. The number of anilines is 1. The molecule has 108 valence electrons. The fourth-order valence-corrected chi connectivity index (χ4v) is 3.58. The molecular formula is C17H16BrNOS. The normalized spacial score (nSPS) is 15.9. The molecule has 2 nitrogen and oxygen atoms in total. The van der Waals surface area contributed by atoms with Gasteiger partial charge in [-0.2, -0.15) is 0 Å². The van der Waals surface area contributed by atoms with Crippen LogP contribution in [0.4, 0.5) is 5.69 Å². The van der Waals surface area contributed by atoms with E-state index in [9.17, 15) is 0 Å². The molecule has 3 rings (SSSR count). The lowest BCUT2D eigenvalue weighted by molar-refractivity contribution is 0.0947. The summed E-state index contributed by atoms with van der Waals surface area (Å²) in [6.07, 6.45) is 0. The fraction of sp³-hybridized carbons (Fsp3) is 0.235. The van der Waals surface area contributed by atoms with Gasteiger partial charge in [-0.3, -0.25) is 0 Å². The lowest BCUT2D eigenvalue weighted by Crippen LogP contribution is -2.34. The third-order valence-corrected chi connectivity index (χ3v) is 4.27. The zero-order chi connectivity index (χ0) is 15.2. The molecule has 4 heteroatoms. The molecule has 1 aliphatic heterocycles. The van der Waals surface area contributed by atoms with Crippen LogP contribution < -0.4 is 5.32 Å². The molecule has 0 aromatic heterocycles. The Morgan fingerprint density at radius 1 is 1.10 bits per heavy atom. The van der Waals surface area contributed by atoms with Crippen LogP contribution in [0.2, 0.25) is 0 Å². The Kier molecular flexibility index (Phi) is 3.54. The van der Waals surface area contributed by atoms with E-state index in [1.54, 1.807) is 0 Å². The standard InChI is InChI=1S/C17H16BrNOS/c1-10-6-12(8-13(18)7-10)11-4-5-15-14(9-11)17(2,3)20-16(21)19-15/h4-9H,1-3H3,(H,19,21). The molecule has 0 saturated carbocycles. The second kappa shape index (κ2) is 5.11. The molecule has 0 fully saturated rings. The summed E-state index contributed by atoms with van der Waals surface area (Å²) >= 11 is 8.71. The number of hydrogen-bond acceptors (Lipinski definition) is 2. The van der Waals surface area contributed by atoms with Crippen molar-refractivity contribution >= 4 is 39.0 Å². The number of hydrogen-bond donors (Lipinski definition) is 1. The van der Waals surface area contributed by atoms with Crippen LogP contribution in [0.25, 0.3) is 11.1 Å². The molecule has 2 aromatic carbocycles. The number of benzene rings is 2. The van der Waals surface area contributed by atoms with Crippen LogP contribution in [0, 0.1) is 6.92 Å². The Morgan fingerprint density at radius 3 is 2.57 bits per heavy atom. The van der Waals surface area contributed by atoms with Crippen LogP contribution >= 0.6 is 28.1 Å². The Bertz CT molecular complexity index is 719. The molecule has 0 atom stereocenters. The lowest BCUT2D eigenvalue weighted by atomic mass is 9.91. The molecule has 0 saturated heterocycles.